The molecule has 4 aromatic rings. The lowest BCUT2D eigenvalue weighted by Gasteiger charge is -2.31. The lowest BCUT2D eigenvalue weighted by molar-refractivity contribution is 0.0677. The van der Waals surface area contributed by atoms with Gasteiger partial charge in [-0.15, -0.1) is 0 Å². The summed E-state index contributed by atoms with van der Waals surface area (Å²) in [6, 6.07) is 32.2. The van der Waals surface area contributed by atoms with Crippen LogP contribution in [0.4, 0.5) is 0 Å². The standard InChI is InChI=1S/C29H28NO3P/c1-21-13-9-11-19-25(21)27(29(32)28(31)26-20-12-10-14-22(26)2)30-34(33,23-15-5-3-6-16-23)24-17-7-4-8-18-24/h3-20,27,29,32H,1-2H3,(H,30,33)/t27-,29-/m1/s1. The number of hydrogen-bond acceptors (Lipinski definition) is 3. The maximum Gasteiger partial charge on any atom is 0.205 e. The average molecular weight is 470 g/mol. The number of carbonyl (C=O) groups excluding carboxylic acids is 1. The highest BCUT2D eigenvalue weighted by Crippen LogP contribution is 2.43. The lowest BCUT2D eigenvalue weighted by Crippen LogP contribution is -2.40. The van der Waals surface area contributed by atoms with Crippen molar-refractivity contribution < 1.29 is 14.5 Å². The Morgan fingerprint density at radius 3 is 1.71 bits per heavy atom. The van der Waals surface area contributed by atoms with Crippen molar-refractivity contribution in [2.45, 2.75) is 26.0 Å². The van der Waals surface area contributed by atoms with Gasteiger partial charge < -0.3 is 5.11 Å². The van der Waals surface area contributed by atoms with Gasteiger partial charge in [0.2, 0.25) is 7.29 Å². The van der Waals surface area contributed by atoms with E-state index in [1.807, 2.05) is 111 Å². The van der Waals surface area contributed by atoms with Crippen molar-refractivity contribution >= 4 is 23.7 Å². The van der Waals surface area contributed by atoms with Crippen molar-refractivity contribution in [1.82, 2.24) is 5.09 Å². The Hall–Kier alpha value is -3.30. The van der Waals surface area contributed by atoms with Gasteiger partial charge >= 0.3 is 0 Å². The van der Waals surface area contributed by atoms with Crippen LogP contribution in [0, 0.1) is 13.8 Å². The zero-order valence-electron chi connectivity index (χ0n) is 19.3. The maximum absolute atomic E-state index is 14.7. The number of aryl methyl sites for hydroxylation is 2. The molecule has 2 N–H and O–H groups in total. The number of nitrogens with one attached hydrogen (secondary N) is 1. The van der Waals surface area contributed by atoms with Gasteiger partial charge in [0.05, 0.1) is 6.04 Å². The molecule has 34 heavy (non-hydrogen) atoms. The summed E-state index contributed by atoms with van der Waals surface area (Å²) in [5.74, 6) is -0.411. The van der Waals surface area contributed by atoms with E-state index in [0.717, 1.165) is 16.7 Å². The Morgan fingerprint density at radius 2 is 1.18 bits per heavy atom. The van der Waals surface area contributed by atoms with Gasteiger partial charge in [0.25, 0.3) is 0 Å². The topological polar surface area (TPSA) is 66.4 Å². The molecule has 0 amide bonds. The number of carbonyl (C=O) groups is 1. The Bertz CT molecular complexity index is 1280. The highest BCUT2D eigenvalue weighted by Gasteiger charge is 2.37. The van der Waals surface area contributed by atoms with Crippen molar-refractivity contribution in [2.75, 3.05) is 0 Å². The molecule has 0 bridgehead atoms. The minimum atomic E-state index is -3.42. The number of hydrogen-bond donors (Lipinski definition) is 2. The highest BCUT2D eigenvalue weighted by atomic mass is 31.2. The van der Waals surface area contributed by atoms with Crippen molar-refractivity contribution in [3.63, 3.8) is 0 Å². The van der Waals surface area contributed by atoms with Gasteiger partial charge in [0.15, 0.2) is 5.78 Å². The Kier molecular flexibility index (Phi) is 7.23. The Labute approximate surface area is 200 Å². The van der Waals surface area contributed by atoms with Crippen LogP contribution in [0.3, 0.4) is 0 Å². The second-order valence-electron chi connectivity index (χ2n) is 8.37. The first kappa shape index (κ1) is 23.8. The van der Waals surface area contributed by atoms with Crippen molar-refractivity contribution in [2.24, 2.45) is 0 Å². The average Bonchev–Trinajstić information content (AvgIpc) is 2.88. The zero-order chi connectivity index (χ0) is 24.1. The molecule has 0 spiro atoms. The number of aliphatic hydroxyl groups excluding tert-OH is 1. The third kappa shape index (κ3) is 4.80. The largest absolute Gasteiger partial charge is 0.383 e. The molecule has 0 fully saturated rings. The van der Waals surface area contributed by atoms with E-state index in [4.69, 9.17) is 0 Å². The van der Waals surface area contributed by atoms with Crippen LogP contribution in [-0.4, -0.2) is 17.0 Å². The minimum absolute atomic E-state index is 0.411. The maximum atomic E-state index is 14.7. The number of aliphatic hydroxyl groups is 1. The van der Waals surface area contributed by atoms with E-state index in [1.54, 1.807) is 12.1 Å². The molecule has 0 aromatic heterocycles. The van der Waals surface area contributed by atoms with E-state index < -0.39 is 25.2 Å². The lowest BCUT2D eigenvalue weighted by atomic mass is 9.91. The predicted molar refractivity (Wildman–Crippen MR) is 138 cm³/mol. The molecule has 4 nitrogen and oxygen atoms in total. The van der Waals surface area contributed by atoms with Crippen molar-refractivity contribution in [3.8, 4) is 0 Å². The summed E-state index contributed by atoms with van der Waals surface area (Å²) in [6.07, 6.45) is -1.44. The van der Waals surface area contributed by atoms with Crippen LogP contribution in [0.2, 0.25) is 0 Å². The third-order valence-electron chi connectivity index (χ3n) is 6.08. The fourth-order valence-electron chi connectivity index (χ4n) is 4.18. The summed E-state index contributed by atoms with van der Waals surface area (Å²) < 4.78 is 14.7. The summed E-state index contributed by atoms with van der Waals surface area (Å²) >= 11 is 0. The molecular formula is C29H28NO3P. The Morgan fingerprint density at radius 1 is 0.706 bits per heavy atom. The summed E-state index contributed by atoms with van der Waals surface area (Å²) in [5.41, 5.74) is 2.85. The number of benzene rings is 4. The van der Waals surface area contributed by atoms with Gasteiger partial charge in [0, 0.05) is 16.2 Å². The van der Waals surface area contributed by atoms with E-state index in [9.17, 15) is 14.5 Å². The molecule has 0 heterocycles. The van der Waals surface area contributed by atoms with Gasteiger partial charge in [0.1, 0.15) is 6.10 Å². The van der Waals surface area contributed by atoms with E-state index in [0.29, 0.717) is 16.2 Å². The number of rotatable bonds is 8. The van der Waals surface area contributed by atoms with Crippen LogP contribution < -0.4 is 15.7 Å². The molecule has 0 saturated heterocycles. The van der Waals surface area contributed by atoms with Gasteiger partial charge in [-0.25, -0.2) is 5.09 Å². The first-order chi connectivity index (χ1) is 16.4. The second kappa shape index (κ2) is 10.3. The molecule has 0 aliphatic carbocycles. The van der Waals surface area contributed by atoms with Crippen LogP contribution in [0.15, 0.2) is 109 Å². The normalized spacial score (nSPS) is 13.3. The predicted octanol–water partition coefficient (Wildman–Crippen LogP) is 5.11. The SMILES string of the molecule is Cc1ccccc1C(=O)[C@H](O)[C@H](NP(=O)(c1ccccc1)c1ccccc1)c1ccccc1C. The summed E-state index contributed by atoms with van der Waals surface area (Å²) in [6.45, 7) is 3.76. The molecule has 5 heteroatoms. The molecule has 2 atom stereocenters. The molecule has 4 rings (SSSR count). The monoisotopic (exact) mass is 469 g/mol. The smallest absolute Gasteiger partial charge is 0.205 e. The molecular weight excluding hydrogens is 441 g/mol. The Balaban J connectivity index is 1.85. The van der Waals surface area contributed by atoms with Crippen LogP contribution in [0.25, 0.3) is 0 Å². The summed E-state index contributed by atoms with van der Waals surface area (Å²) in [5, 5.41) is 15.9. The fourth-order valence-corrected chi connectivity index (χ4v) is 6.63. The second-order valence-corrected chi connectivity index (χ2v) is 10.9. The first-order valence-corrected chi connectivity index (χ1v) is 12.9. The third-order valence-corrected chi connectivity index (χ3v) is 8.77. The molecule has 172 valence electrons. The van der Waals surface area contributed by atoms with Crippen molar-refractivity contribution in [1.29, 1.82) is 0 Å². The minimum Gasteiger partial charge on any atom is -0.383 e. The first-order valence-electron chi connectivity index (χ1n) is 11.2. The molecule has 0 aliphatic rings. The van der Waals surface area contributed by atoms with Crippen LogP contribution in [0.1, 0.15) is 33.1 Å². The quantitative estimate of drug-likeness (QED) is 0.278. The summed E-state index contributed by atoms with van der Waals surface area (Å²) in [4.78, 5) is 13.5. The zero-order valence-corrected chi connectivity index (χ0v) is 20.2. The van der Waals surface area contributed by atoms with E-state index in [-0.39, 0.29) is 0 Å². The molecule has 0 unspecified atom stereocenters. The number of ketones is 1. The van der Waals surface area contributed by atoms with Crippen LogP contribution >= 0.6 is 7.29 Å². The van der Waals surface area contributed by atoms with Gasteiger partial charge in [-0.3, -0.25) is 9.36 Å². The highest BCUT2D eigenvalue weighted by molar-refractivity contribution is 7.76. The van der Waals surface area contributed by atoms with Crippen LogP contribution in [0.5, 0.6) is 0 Å². The van der Waals surface area contributed by atoms with Gasteiger partial charge in [-0.05, 0) is 54.8 Å². The number of Topliss-reactive ketones (excluding diaryl/α,β-unsaturated/α-hetero) is 1. The van der Waals surface area contributed by atoms with Crippen molar-refractivity contribution in [3.05, 3.63) is 131 Å². The van der Waals surface area contributed by atoms with E-state index in [2.05, 4.69) is 5.09 Å². The molecule has 0 saturated carbocycles. The van der Waals surface area contributed by atoms with Gasteiger partial charge in [-0.2, -0.15) is 0 Å². The van der Waals surface area contributed by atoms with Crippen LogP contribution in [-0.2, 0) is 4.57 Å². The van der Waals surface area contributed by atoms with E-state index in [1.165, 1.54) is 0 Å². The summed E-state index contributed by atoms with van der Waals surface area (Å²) in [7, 11) is -3.42. The molecule has 4 aromatic carbocycles. The van der Waals surface area contributed by atoms with E-state index >= 15 is 0 Å². The van der Waals surface area contributed by atoms with Gasteiger partial charge in [-0.1, -0.05) is 84.9 Å². The molecule has 0 aliphatic heterocycles. The molecule has 0 radical (unpaired) electrons. The fraction of sp³-hybridized carbons (Fsp3) is 0.138.